The van der Waals surface area contributed by atoms with Gasteiger partial charge in [0.1, 0.15) is 5.82 Å². The first-order valence-corrected chi connectivity index (χ1v) is 15.0. The molecule has 1 aliphatic carbocycles. The first-order chi connectivity index (χ1) is 20.8. The number of halogens is 7. The molecule has 0 spiro atoms. The minimum absolute atomic E-state index is 0.0774. The largest absolute Gasteiger partial charge is 0.416 e. The van der Waals surface area contributed by atoms with Crippen LogP contribution in [-0.2, 0) is 29.1 Å². The molecule has 0 bridgehead atoms. The van der Waals surface area contributed by atoms with Crippen molar-refractivity contribution in [3.05, 3.63) is 106 Å². The summed E-state index contributed by atoms with van der Waals surface area (Å²) in [6, 6.07) is 18.1. The van der Waals surface area contributed by atoms with Crippen LogP contribution in [0.25, 0.3) is 0 Å². The van der Waals surface area contributed by atoms with Gasteiger partial charge in [0.2, 0.25) is 0 Å². The van der Waals surface area contributed by atoms with E-state index in [0.717, 1.165) is 62.7 Å². The molecule has 1 unspecified atom stereocenters. The first-order valence-electron chi connectivity index (χ1n) is 15.0. The molecule has 1 heterocycles. The number of piperidine rings is 1. The van der Waals surface area contributed by atoms with Crippen molar-refractivity contribution >= 4 is 0 Å². The van der Waals surface area contributed by atoms with Crippen LogP contribution in [0.2, 0.25) is 0 Å². The molecular weight excluding hydrogens is 587 g/mol. The van der Waals surface area contributed by atoms with E-state index < -0.39 is 41.8 Å². The molecule has 0 amide bonds. The molecule has 238 valence electrons. The van der Waals surface area contributed by atoms with E-state index in [0.29, 0.717) is 24.1 Å². The van der Waals surface area contributed by atoms with Crippen molar-refractivity contribution in [2.75, 3.05) is 13.1 Å². The Balaban J connectivity index is 1.23. The molecule has 1 saturated carbocycles. The van der Waals surface area contributed by atoms with E-state index in [1.807, 2.05) is 42.5 Å². The monoisotopic (exact) mass is 623 g/mol. The Morgan fingerprint density at radius 3 is 1.91 bits per heavy atom. The summed E-state index contributed by atoms with van der Waals surface area (Å²) in [5.74, 6) is 0.159. The number of hydrogen-bond donors (Lipinski definition) is 1. The highest BCUT2D eigenvalue weighted by molar-refractivity contribution is 5.33. The topological polar surface area (TPSA) is 32.7 Å². The number of aliphatic hydroxyl groups excluding tert-OH is 1. The minimum atomic E-state index is -4.96. The lowest BCUT2D eigenvalue weighted by Gasteiger charge is -2.46. The molecular formula is C34H36F7NO2. The lowest BCUT2D eigenvalue weighted by molar-refractivity contribution is -0.143. The molecule has 10 heteroatoms. The zero-order valence-electron chi connectivity index (χ0n) is 24.2. The molecule has 0 aromatic heterocycles. The fourth-order valence-electron chi connectivity index (χ4n) is 6.94. The molecule has 3 aromatic carbocycles. The molecule has 1 saturated heterocycles. The number of nitrogens with zero attached hydrogens (tertiary/aromatic N) is 1. The Morgan fingerprint density at radius 1 is 0.795 bits per heavy atom. The normalized spacial score (nSPS) is 23.0. The molecule has 3 aromatic rings. The number of aliphatic hydroxyl groups is 1. The zero-order valence-corrected chi connectivity index (χ0v) is 24.2. The van der Waals surface area contributed by atoms with Gasteiger partial charge in [0.15, 0.2) is 6.29 Å². The van der Waals surface area contributed by atoms with E-state index >= 15 is 0 Å². The number of likely N-dealkylation sites (tertiary alicyclic amines) is 1. The standard InChI is InChI=1S/C34H36F7NO2/c35-29-8-6-24(7-9-29)25-12-16-42(17-13-25)30-10-14-32(15-11-30,26-4-2-1-3-5-26)21-31(43)44-22-23-18-27(33(36,37)38)20-28(19-23)34(39,40)41/h1-9,18-20,25,30-31,43H,10-17,21-22H2/t30-,31?,32-. The Kier molecular flexibility index (Phi) is 9.72. The van der Waals surface area contributed by atoms with Gasteiger partial charge in [-0.1, -0.05) is 42.5 Å². The van der Waals surface area contributed by atoms with Gasteiger partial charge >= 0.3 is 12.4 Å². The molecule has 1 N–H and O–H groups in total. The van der Waals surface area contributed by atoms with Gasteiger partial charge in [-0.25, -0.2) is 4.39 Å². The summed E-state index contributed by atoms with van der Waals surface area (Å²) < 4.78 is 98.6. The SMILES string of the molecule is OC(C[C@]1(c2ccccc2)CC[C@H](N2CCC(c3ccc(F)cc3)CC2)CC1)OCc1cc(C(F)(F)F)cc(C(F)(F)F)c1. The fraction of sp³-hybridized carbons (Fsp3) is 0.471. The maximum absolute atomic E-state index is 13.3. The third-order valence-corrected chi connectivity index (χ3v) is 9.34. The number of hydrogen-bond acceptors (Lipinski definition) is 3. The van der Waals surface area contributed by atoms with Crippen LogP contribution in [0.3, 0.4) is 0 Å². The lowest BCUT2D eigenvalue weighted by atomic mass is 9.65. The van der Waals surface area contributed by atoms with Crippen molar-refractivity contribution in [1.82, 2.24) is 4.90 Å². The van der Waals surface area contributed by atoms with Crippen molar-refractivity contribution in [2.45, 2.75) is 87.6 Å². The molecule has 2 fully saturated rings. The highest BCUT2D eigenvalue weighted by Gasteiger charge is 2.41. The first kappa shape index (κ1) is 32.4. The Labute approximate surface area is 252 Å². The van der Waals surface area contributed by atoms with Crippen molar-refractivity contribution < 1.29 is 40.6 Å². The van der Waals surface area contributed by atoms with Crippen LogP contribution in [0.15, 0.2) is 72.8 Å². The maximum Gasteiger partial charge on any atom is 0.416 e. The number of ether oxygens (including phenoxy) is 1. The number of benzene rings is 3. The van der Waals surface area contributed by atoms with E-state index in [1.165, 1.54) is 12.1 Å². The molecule has 2 aliphatic rings. The summed E-state index contributed by atoms with van der Waals surface area (Å²) >= 11 is 0. The summed E-state index contributed by atoms with van der Waals surface area (Å²) in [6.07, 6.45) is -5.89. The maximum atomic E-state index is 13.3. The van der Waals surface area contributed by atoms with Gasteiger partial charge in [-0.05, 0) is 105 Å². The predicted octanol–water partition coefficient (Wildman–Crippen LogP) is 8.85. The van der Waals surface area contributed by atoms with Crippen LogP contribution < -0.4 is 0 Å². The van der Waals surface area contributed by atoms with E-state index in [9.17, 15) is 35.8 Å². The van der Waals surface area contributed by atoms with Gasteiger partial charge in [0.25, 0.3) is 0 Å². The third-order valence-electron chi connectivity index (χ3n) is 9.34. The van der Waals surface area contributed by atoms with Crippen LogP contribution in [0.1, 0.15) is 78.7 Å². The van der Waals surface area contributed by atoms with Crippen LogP contribution in [-0.4, -0.2) is 35.4 Å². The molecule has 5 rings (SSSR count). The second kappa shape index (κ2) is 13.2. The zero-order chi connectivity index (χ0) is 31.5. The highest BCUT2D eigenvalue weighted by Crippen LogP contribution is 2.45. The van der Waals surface area contributed by atoms with Gasteiger partial charge < -0.3 is 14.7 Å². The second-order valence-electron chi connectivity index (χ2n) is 12.1. The fourth-order valence-corrected chi connectivity index (χ4v) is 6.94. The quantitative estimate of drug-likeness (QED) is 0.201. The summed E-state index contributed by atoms with van der Waals surface area (Å²) in [7, 11) is 0. The van der Waals surface area contributed by atoms with Crippen molar-refractivity contribution in [3.8, 4) is 0 Å². The molecule has 0 radical (unpaired) electrons. The molecule has 44 heavy (non-hydrogen) atoms. The Hall–Kier alpha value is -2.95. The third kappa shape index (κ3) is 7.82. The van der Waals surface area contributed by atoms with E-state index in [4.69, 9.17) is 4.74 Å². The van der Waals surface area contributed by atoms with Gasteiger partial charge in [-0.2, -0.15) is 26.3 Å². The predicted molar refractivity (Wildman–Crippen MR) is 152 cm³/mol. The summed E-state index contributed by atoms with van der Waals surface area (Å²) in [6.45, 7) is 1.28. The average molecular weight is 624 g/mol. The molecule has 1 aliphatic heterocycles. The average Bonchev–Trinajstić information content (AvgIpc) is 3.00. The van der Waals surface area contributed by atoms with Crippen LogP contribution in [0.5, 0.6) is 0 Å². The van der Waals surface area contributed by atoms with Gasteiger partial charge in [-0.3, -0.25) is 0 Å². The second-order valence-corrected chi connectivity index (χ2v) is 12.1. The Morgan fingerprint density at radius 2 is 1.36 bits per heavy atom. The van der Waals surface area contributed by atoms with Crippen LogP contribution >= 0.6 is 0 Å². The van der Waals surface area contributed by atoms with Crippen LogP contribution in [0, 0.1) is 5.82 Å². The molecule has 1 atom stereocenters. The van der Waals surface area contributed by atoms with E-state index in [1.54, 1.807) is 0 Å². The van der Waals surface area contributed by atoms with Crippen molar-refractivity contribution in [3.63, 3.8) is 0 Å². The minimum Gasteiger partial charge on any atom is -0.368 e. The summed E-state index contributed by atoms with van der Waals surface area (Å²) in [4.78, 5) is 2.51. The summed E-state index contributed by atoms with van der Waals surface area (Å²) in [5.41, 5.74) is -1.41. The van der Waals surface area contributed by atoms with Crippen LogP contribution in [0.4, 0.5) is 30.7 Å². The summed E-state index contributed by atoms with van der Waals surface area (Å²) in [5, 5.41) is 10.9. The van der Waals surface area contributed by atoms with E-state index in [-0.39, 0.29) is 23.9 Å². The lowest BCUT2D eigenvalue weighted by Crippen LogP contribution is -2.46. The van der Waals surface area contributed by atoms with E-state index in [2.05, 4.69) is 4.90 Å². The Bertz CT molecular complexity index is 1330. The van der Waals surface area contributed by atoms with Gasteiger partial charge in [-0.15, -0.1) is 0 Å². The van der Waals surface area contributed by atoms with Crippen molar-refractivity contribution in [2.24, 2.45) is 0 Å². The number of rotatable bonds is 8. The van der Waals surface area contributed by atoms with Gasteiger partial charge in [0.05, 0.1) is 17.7 Å². The van der Waals surface area contributed by atoms with Gasteiger partial charge in [0, 0.05) is 17.9 Å². The smallest absolute Gasteiger partial charge is 0.368 e. The highest BCUT2D eigenvalue weighted by atomic mass is 19.4. The molecule has 3 nitrogen and oxygen atoms in total. The van der Waals surface area contributed by atoms with Crippen molar-refractivity contribution in [1.29, 1.82) is 0 Å². The number of alkyl halides is 6.